The van der Waals surface area contributed by atoms with Crippen LogP contribution in [0.25, 0.3) is 10.9 Å². The molecular formula is C15H22N2O. The number of hydrogen-bond donors (Lipinski definition) is 1. The van der Waals surface area contributed by atoms with Crippen molar-refractivity contribution < 1.29 is 4.74 Å². The first-order valence-corrected chi connectivity index (χ1v) is 6.51. The summed E-state index contributed by atoms with van der Waals surface area (Å²) in [4.78, 5) is 0. The highest BCUT2D eigenvalue weighted by Crippen LogP contribution is 2.17. The van der Waals surface area contributed by atoms with Crippen LogP contribution in [0.5, 0.6) is 0 Å². The fourth-order valence-electron chi connectivity index (χ4n) is 2.05. The number of methoxy groups -OCH3 is 1. The van der Waals surface area contributed by atoms with E-state index in [9.17, 15) is 0 Å². The van der Waals surface area contributed by atoms with Crippen molar-refractivity contribution in [1.82, 2.24) is 9.88 Å². The topological polar surface area (TPSA) is 26.2 Å². The third-order valence-corrected chi connectivity index (χ3v) is 3.09. The van der Waals surface area contributed by atoms with Gasteiger partial charge in [-0.15, -0.1) is 0 Å². The van der Waals surface area contributed by atoms with Crippen LogP contribution in [0.4, 0.5) is 0 Å². The quantitative estimate of drug-likeness (QED) is 0.848. The molecule has 3 heteroatoms. The summed E-state index contributed by atoms with van der Waals surface area (Å²) in [5.74, 6) is 0. The molecule has 1 N–H and O–H groups in total. The number of aromatic nitrogens is 1. The Balaban J connectivity index is 2.19. The minimum absolute atomic E-state index is 0.515. The zero-order valence-corrected chi connectivity index (χ0v) is 11.4. The van der Waals surface area contributed by atoms with Crippen molar-refractivity contribution in [3.05, 3.63) is 36.0 Å². The molecule has 0 aliphatic carbocycles. The van der Waals surface area contributed by atoms with Gasteiger partial charge < -0.3 is 14.6 Å². The maximum absolute atomic E-state index is 5.14. The van der Waals surface area contributed by atoms with Gasteiger partial charge in [-0.1, -0.05) is 26.0 Å². The molecule has 2 rings (SSSR count). The molecule has 0 atom stereocenters. The Morgan fingerprint density at radius 2 is 2.11 bits per heavy atom. The van der Waals surface area contributed by atoms with Crippen molar-refractivity contribution in [3.8, 4) is 0 Å². The highest BCUT2D eigenvalue weighted by Gasteiger charge is 2.03. The van der Waals surface area contributed by atoms with E-state index in [0.29, 0.717) is 6.04 Å². The molecule has 2 aromatic rings. The highest BCUT2D eigenvalue weighted by molar-refractivity contribution is 5.80. The normalized spacial score (nSPS) is 11.6. The lowest BCUT2D eigenvalue weighted by atomic mass is 10.1. The Hall–Kier alpha value is -1.32. The van der Waals surface area contributed by atoms with Crippen LogP contribution < -0.4 is 5.32 Å². The summed E-state index contributed by atoms with van der Waals surface area (Å²) in [7, 11) is 1.74. The van der Waals surface area contributed by atoms with Crippen LogP contribution in [0.1, 0.15) is 19.4 Å². The predicted octanol–water partition coefficient (Wildman–Crippen LogP) is 2.79. The lowest BCUT2D eigenvalue weighted by molar-refractivity contribution is 0.188. The van der Waals surface area contributed by atoms with Gasteiger partial charge in [0.15, 0.2) is 0 Å². The van der Waals surface area contributed by atoms with Gasteiger partial charge in [0.05, 0.1) is 6.61 Å². The molecule has 3 nitrogen and oxygen atoms in total. The first kappa shape index (κ1) is 13.1. The summed E-state index contributed by atoms with van der Waals surface area (Å²) in [6.45, 7) is 6.90. The smallest absolute Gasteiger partial charge is 0.0641 e. The van der Waals surface area contributed by atoms with E-state index in [1.54, 1.807) is 7.11 Å². The number of nitrogens with zero attached hydrogens (tertiary/aromatic N) is 1. The molecule has 0 fully saturated rings. The van der Waals surface area contributed by atoms with Crippen LogP contribution in [0, 0.1) is 0 Å². The number of hydrogen-bond acceptors (Lipinski definition) is 2. The number of nitrogens with one attached hydrogen (secondary N) is 1. The van der Waals surface area contributed by atoms with Crippen molar-refractivity contribution in [1.29, 1.82) is 0 Å². The maximum Gasteiger partial charge on any atom is 0.0641 e. The van der Waals surface area contributed by atoms with E-state index >= 15 is 0 Å². The monoisotopic (exact) mass is 246 g/mol. The number of fused-ring (bicyclic) bond motifs is 1. The van der Waals surface area contributed by atoms with Gasteiger partial charge in [0.1, 0.15) is 0 Å². The van der Waals surface area contributed by atoms with Crippen LogP contribution in [0.15, 0.2) is 30.5 Å². The lowest BCUT2D eigenvalue weighted by Gasteiger charge is -2.09. The van der Waals surface area contributed by atoms with Gasteiger partial charge in [-0.3, -0.25) is 0 Å². The third-order valence-electron chi connectivity index (χ3n) is 3.09. The Labute approximate surface area is 109 Å². The fourth-order valence-corrected chi connectivity index (χ4v) is 2.05. The molecule has 0 amide bonds. The Kier molecular flexibility index (Phi) is 4.39. The molecule has 0 spiro atoms. The van der Waals surface area contributed by atoms with Crippen molar-refractivity contribution in [2.24, 2.45) is 0 Å². The van der Waals surface area contributed by atoms with Crippen molar-refractivity contribution >= 4 is 10.9 Å². The summed E-state index contributed by atoms with van der Waals surface area (Å²) >= 11 is 0. The summed E-state index contributed by atoms with van der Waals surface area (Å²) in [6.07, 6.45) is 2.13. The lowest BCUT2D eigenvalue weighted by Crippen LogP contribution is -2.21. The molecule has 0 aliphatic heterocycles. The molecule has 0 saturated carbocycles. The van der Waals surface area contributed by atoms with Crippen molar-refractivity contribution in [2.75, 3.05) is 13.7 Å². The largest absolute Gasteiger partial charge is 0.383 e. The second-order valence-corrected chi connectivity index (χ2v) is 4.93. The minimum atomic E-state index is 0.515. The second-order valence-electron chi connectivity index (χ2n) is 4.93. The summed E-state index contributed by atoms with van der Waals surface area (Å²) in [5.41, 5.74) is 2.61. The molecule has 18 heavy (non-hydrogen) atoms. The van der Waals surface area contributed by atoms with Gasteiger partial charge in [-0.25, -0.2) is 0 Å². The molecule has 1 aromatic heterocycles. The number of rotatable bonds is 6. The van der Waals surface area contributed by atoms with Gasteiger partial charge in [0, 0.05) is 38.0 Å². The van der Waals surface area contributed by atoms with Crippen LogP contribution in [0.3, 0.4) is 0 Å². The standard InChI is InChI=1S/C15H22N2O/c1-12(2)16-11-13-4-5-14-6-7-17(8-9-18-3)15(14)10-13/h4-7,10,12,16H,8-9,11H2,1-3H3. The van der Waals surface area contributed by atoms with Crippen LogP contribution in [0.2, 0.25) is 0 Å². The van der Waals surface area contributed by atoms with E-state index in [1.807, 2.05) is 0 Å². The Morgan fingerprint density at radius 3 is 2.83 bits per heavy atom. The first-order chi connectivity index (χ1) is 8.70. The van der Waals surface area contributed by atoms with Crippen LogP contribution in [-0.2, 0) is 17.8 Å². The molecule has 0 saturated heterocycles. The molecule has 0 bridgehead atoms. The van der Waals surface area contributed by atoms with Gasteiger partial charge >= 0.3 is 0 Å². The van der Waals surface area contributed by atoms with Crippen LogP contribution >= 0.6 is 0 Å². The molecule has 0 aliphatic rings. The first-order valence-electron chi connectivity index (χ1n) is 6.51. The predicted molar refractivity (Wildman–Crippen MR) is 75.8 cm³/mol. The average Bonchev–Trinajstić information content (AvgIpc) is 2.76. The summed E-state index contributed by atoms with van der Waals surface area (Å²) < 4.78 is 7.39. The van der Waals surface area contributed by atoms with E-state index in [1.165, 1.54) is 16.5 Å². The Morgan fingerprint density at radius 1 is 1.28 bits per heavy atom. The maximum atomic E-state index is 5.14. The molecule has 1 aromatic carbocycles. The van der Waals surface area contributed by atoms with E-state index in [4.69, 9.17) is 4.74 Å². The van der Waals surface area contributed by atoms with Crippen LogP contribution in [-0.4, -0.2) is 24.3 Å². The Bertz CT molecular complexity index is 502. The number of benzene rings is 1. The fraction of sp³-hybridized carbons (Fsp3) is 0.467. The molecular weight excluding hydrogens is 224 g/mol. The van der Waals surface area contributed by atoms with Gasteiger partial charge in [0.25, 0.3) is 0 Å². The SMILES string of the molecule is COCCn1ccc2ccc(CNC(C)C)cc21. The molecule has 0 unspecified atom stereocenters. The summed E-state index contributed by atoms with van der Waals surface area (Å²) in [6, 6.07) is 9.32. The van der Waals surface area contributed by atoms with E-state index in [-0.39, 0.29) is 0 Å². The highest BCUT2D eigenvalue weighted by atomic mass is 16.5. The van der Waals surface area contributed by atoms with Gasteiger partial charge in [0.2, 0.25) is 0 Å². The summed E-state index contributed by atoms with van der Waals surface area (Å²) in [5, 5.41) is 4.74. The van der Waals surface area contributed by atoms with Gasteiger partial charge in [-0.2, -0.15) is 0 Å². The molecule has 98 valence electrons. The zero-order valence-electron chi connectivity index (χ0n) is 11.4. The van der Waals surface area contributed by atoms with Crippen molar-refractivity contribution in [2.45, 2.75) is 33.0 Å². The second kappa shape index (κ2) is 6.03. The van der Waals surface area contributed by atoms with E-state index < -0.39 is 0 Å². The number of ether oxygens (including phenoxy) is 1. The van der Waals surface area contributed by atoms with Crippen molar-refractivity contribution in [3.63, 3.8) is 0 Å². The van der Waals surface area contributed by atoms with E-state index in [0.717, 1.165) is 19.7 Å². The van der Waals surface area contributed by atoms with E-state index in [2.05, 4.69) is 54.2 Å². The average molecular weight is 246 g/mol. The minimum Gasteiger partial charge on any atom is -0.383 e. The molecule has 1 heterocycles. The third kappa shape index (κ3) is 3.12. The molecule has 0 radical (unpaired) electrons. The zero-order chi connectivity index (χ0) is 13.0. The van der Waals surface area contributed by atoms with Gasteiger partial charge in [-0.05, 0) is 23.1 Å².